The van der Waals surface area contributed by atoms with Crippen LogP contribution in [0.25, 0.3) is 0 Å². The number of aromatic nitrogens is 1. The van der Waals surface area contributed by atoms with Crippen molar-refractivity contribution in [2.75, 3.05) is 23.4 Å². The summed E-state index contributed by atoms with van der Waals surface area (Å²) in [5.41, 5.74) is 3.47. The summed E-state index contributed by atoms with van der Waals surface area (Å²) in [6.45, 7) is 4.03. The van der Waals surface area contributed by atoms with E-state index in [1.807, 2.05) is 37.3 Å². The average molecular weight is 297 g/mol. The Morgan fingerprint density at radius 2 is 2.18 bits per heavy atom. The third kappa shape index (κ3) is 3.03. The van der Waals surface area contributed by atoms with Gasteiger partial charge in [0, 0.05) is 25.0 Å². The molecule has 0 aliphatic carbocycles. The molecular formula is C17H19N3O2. The van der Waals surface area contributed by atoms with Gasteiger partial charge in [0.25, 0.3) is 0 Å². The molecule has 0 radical (unpaired) electrons. The molecule has 0 fully saturated rings. The minimum Gasteiger partial charge on any atom is -0.465 e. The molecule has 114 valence electrons. The molecule has 1 aliphatic heterocycles. The van der Waals surface area contributed by atoms with E-state index in [9.17, 15) is 4.79 Å². The van der Waals surface area contributed by atoms with Gasteiger partial charge < -0.3 is 15.0 Å². The van der Waals surface area contributed by atoms with Crippen molar-refractivity contribution in [1.82, 2.24) is 4.98 Å². The molecule has 2 aromatic rings. The molecule has 1 aromatic heterocycles. The van der Waals surface area contributed by atoms with Crippen LogP contribution in [0.2, 0.25) is 0 Å². The lowest BCUT2D eigenvalue weighted by atomic mass is 10.1. The summed E-state index contributed by atoms with van der Waals surface area (Å²) in [4.78, 5) is 18.1. The first-order valence-electron chi connectivity index (χ1n) is 7.44. The van der Waals surface area contributed by atoms with Crippen molar-refractivity contribution in [2.24, 2.45) is 0 Å². The number of esters is 1. The number of hydrogen-bond donors (Lipinski definition) is 1. The van der Waals surface area contributed by atoms with Gasteiger partial charge in [0.05, 0.1) is 6.61 Å². The van der Waals surface area contributed by atoms with Crippen LogP contribution in [-0.2, 0) is 22.6 Å². The summed E-state index contributed by atoms with van der Waals surface area (Å²) in [6.07, 6.45) is 1.80. The molecule has 2 heterocycles. The van der Waals surface area contributed by atoms with Gasteiger partial charge in [-0.2, -0.15) is 0 Å². The topological polar surface area (TPSA) is 54.5 Å². The molecule has 0 spiro atoms. The average Bonchev–Trinajstić information content (AvgIpc) is 2.99. The summed E-state index contributed by atoms with van der Waals surface area (Å²) in [7, 11) is 0. The second-order valence-electron chi connectivity index (χ2n) is 5.15. The molecule has 22 heavy (non-hydrogen) atoms. The van der Waals surface area contributed by atoms with E-state index in [0.717, 1.165) is 24.6 Å². The van der Waals surface area contributed by atoms with Gasteiger partial charge >= 0.3 is 5.97 Å². The molecular weight excluding hydrogens is 278 g/mol. The van der Waals surface area contributed by atoms with Gasteiger partial charge in [0.2, 0.25) is 0 Å². The first-order valence-corrected chi connectivity index (χ1v) is 7.44. The second-order valence-corrected chi connectivity index (χ2v) is 5.15. The van der Waals surface area contributed by atoms with Gasteiger partial charge in [-0.15, -0.1) is 0 Å². The Hall–Kier alpha value is -2.56. The van der Waals surface area contributed by atoms with Gasteiger partial charge in [-0.3, -0.25) is 4.79 Å². The number of carbonyl (C=O) groups excluding carboxylic acids is 1. The number of fused-ring (bicyclic) bond motifs is 1. The van der Waals surface area contributed by atoms with Gasteiger partial charge in [-0.05, 0) is 36.2 Å². The first-order chi connectivity index (χ1) is 10.8. The Labute approximate surface area is 129 Å². The maximum atomic E-state index is 11.5. The van der Waals surface area contributed by atoms with Gasteiger partial charge in [0.15, 0.2) is 0 Å². The van der Waals surface area contributed by atoms with Crippen LogP contribution >= 0.6 is 0 Å². The molecule has 0 unspecified atom stereocenters. The lowest BCUT2D eigenvalue weighted by Crippen LogP contribution is -2.18. The molecule has 1 aliphatic rings. The lowest BCUT2D eigenvalue weighted by Gasteiger charge is -2.16. The highest BCUT2D eigenvalue weighted by Crippen LogP contribution is 2.31. The van der Waals surface area contributed by atoms with Crippen LogP contribution in [0.5, 0.6) is 0 Å². The molecule has 0 bridgehead atoms. The number of rotatable bonds is 5. The van der Waals surface area contributed by atoms with Crippen molar-refractivity contribution >= 4 is 17.5 Å². The molecule has 0 amide bonds. The van der Waals surface area contributed by atoms with Gasteiger partial charge in [-0.25, -0.2) is 4.98 Å². The predicted octanol–water partition coefficient (Wildman–Crippen LogP) is 2.58. The summed E-state index contributed by atoms with van der Waals surface area (Å²) in [5.74, 6) is 0.731. The highest BCUT2D eigenvalue weighted by Gasteiger charge is 2.22. The smallest absolute Gasteiger partial charge is 0.325 e. The van der Waals surface area contributed by atoms with Crippen LogP contribution in [0.4, 0.5) is 11.5 Å². The summed E-state index contributed by atoms with van der Waals surface area (Å²) in [5, 5.41) is 3.18. The van der Waals surface area contributed by atoms with Crippen LogP contribution in [0.15, 0.2) is 42.6 Å². The fourth-order valence-electron chi connectivity index (χ4n) is 2.67. The maximum Gasteiger partial charge on any atom is 0.325 e. The van der Waals surface area contributed by atoms with E-state index in [1.54, 1.807) is 6.20 Å². The van der Waals surface area contributed by atoms with Crippen molar-refractivity contribution in [3.63, 3.8) is 0 Å². The predicted molar refractivity (Wildman–Crippen MR) is 85.7 cm³/mol. The number of ether oxygens (including phenoxy) is 1. The Morgan fingerprint density at radius 3 is 2.95 bits per heavy atom. The van der Waals surface area contributed by atoms with E-state index >= 15 is 0 Å². The van der Waals surface area contributed by atoms with E-state index in [4.69, 9.17) is 4.74 Å². The Balaban J connectivity index is 1.73. The van der Waals surface area contributed by atoms with E-state index in [0.29, 0.717) is 6.61 Å². The molecule has 0 saturated carbocycles. The molecule has 1 N–H and O–H groups in total. The Kier molecular flexibility index (Phi) is 4.23. The fraction of sp³-hybridized carbons (Fsp3) is 0.294. The molecule has 5 heteroatoms. The number of benzene rings is 1. The van der Waals surface area contributed by atoms with Crippen molar-refractivity contribution in [1.29, 1.82) is 0 Å². The van der Waals surface area contributed by atoms with Crippen LogP contribution in [0.3, 0.4) is 0 Å². The largest absolute Gasteiger partial charge is 0.465 e. The summed E-state index contributed by atoms with van der Waals surface area (Å²) in [6, 6.07) is 12.0. The zero-order chi connectivity index (χ0) is 15.4. The highest BCUT2D eigenvalue weighted by atomic mass is 16.5. The molecule has 3 rings (SSSR count). The number of anilines is 2. The van der Waals surface area contributed by atoms with Gasteiger partial charge in [-0.1, -0.05) is 18.2 Å². The number of carbonyl (C=O) groups is 1. The summed E-state index contributed by atoms with van der Waals surface area (Å²) >= 11 is 0. The zero-order valence-corrected chi connectivity index (χ0v) is 12.6. The van der Waals surface area contributed by atoms with E-state index in [2.05, 4.69) is 21.3 Å². The minimum atomic E-state index is -0.236. The monoisotopic (exact) mass is 297 g/mol. The molecule has 5 nitrogen and oxygen atoms in total. The number of hydrogen-bond acceptors (Lipinski definition) is 5. The van der Waals surface area contributed by atoms with E-state index < -0.39 is 0 Å². The van der Waals surface area contributed by atoms with Crippen LogP contribution in [0, 0.1) is 0 Å². The Morgan fingerprint density at radius 1 is 1.27 bits per heavy atom. The minimum absolute atomic E-state index is 0.188. The van der Waals surface area contributed by atoms with Crippen molar-refractivity contribution in [3.05, 3.63) is 53.7 Å². The van der Waals surface area contributed by atoms with Crippen LogP contribution in [-0.4, -0.2) is 24.1 Å². The van der Waals surface area contributed by atoms with Crippen LogP contribution in [0.1, 0.15) is 18.1 Å². The van der Waals surface area contributed by atoms with Crippen molar-refractivity contribution < 1.29 is 9.53 Å². The number of nitrogens with zero attached hydrogens (tertiary/aromatic N) is 2. The van der Waals surface area contributed by atoms with Gasteiger partial charge in [0.1, 0.15) is 12.4 Å². The normalized spacial score (nSPS) is 12.9. The molecule has 0 atom stereocenters. The quantitative estimate of drug-likeness (QED) is 0.860. The Bertz CT molecular complexity index is 658. The molecule has 0 saturated heterocycles. The van der Waals surface area contributed by atoms with E-state index in [1.165, 1.54) is 11.1 Å². The number of pyridine rings is 1. The fourth-order valence-corrected chi connectivity index (χ4v) is 2.67. The maximum absolute atomic E-state index is 11.5. The van der Waals surface area contributed by atoms with Crippen molar-refractivity contribution in [3.8, 4) is 0 Å². The van der Waals surface area contributed by atoms with E-state index in [-0.39, 0.29) is 12.5 Å². The highest BCUT2D eigenvalue weighted by molar-refractivity contribution is 5.76. The van der Waals surface area contributed by atoms with Crippen molar-refractivity contribution in [2.45, 2.75) is 20.0 Å². The SMILES string of the molecule is CCOC(=O)CNc1cccc2c1CN(c1ccccn1)C2. The molecule has 1 aromatic carbocycles. The first kappa shape index (κ1) is 14.4. The zero-order valence-electron chi connectivity index (χ0n) is 12.6. The summed E-state index contributed by atoms with van der Waals surface area (Å²) < 4.78 is 4.95. The third-order valence-electron chi connectivity index (χ3n) is 3.68. The number of nitrogens with one attached hydrogen (secondary N) is 1. The standard InChI is InChI=1S/C17H19N3O2/c1-2-22-17(21)10-19-15-7-5-6-13-11-20(12-14(13)15)16-8-3-4-9-18-16/h3-9,19H,2,10-12H2,1H3. The van der Waals surface area contributed by atoms with Crippen LogP contribution < -0.4 is 10.2 Å². The second kappa shape index (κ2) is 6.47. The third-order valence-corrected chi connectivity index (χ3v) is 3.68. The lowest BCUT2D eigenvalue weighted by molar-refractivity contribution is -0.140.